The molecule has 0 radical (unpaired) electrons. The van der Waals surface area contributed by atoms with Gasteiger partial charge in [0.05, 0.1) is 23.8 Å². The average Bonchev–Trinajstić information content (AvgIpc) is 3.22. The number of pyridine rings is 1. The van der Waals surface area contributed by atoms with Crippen molar-refractivity contribution in [3.63, 3.8) is 0 Å². The highest BCUT2D eigenvalue weighted by Crippen LogP contribution is 2.15. The van der Waals surface area contributed by atoms with Crippen LogP contribution in [0.15, 0.2) is 47.5 Å². The molecule has 1 N–H and O–H groups in total. The van der Waals surface area contributed by atoms with Crippen molar-refractivity contribution in [3.8, 4) is 0 Å². The first kappa shape index (κ1) is 20.1. The van der Waals surface area contributed by atoms with E-state index in [9.17, 15) is 14.0 Å². The summed E-state index contributed by atoms with van der Waals surface area (Å²) in [5, 5.41) is 11.7. The summed E-state index contributed by atoms with van der Waals surface area (Å²) in [6.45, 7) is 0.768. The molecule has 0 bridgehead atoms. The molecule has 1 atom stereocenters. The van der Waals surface area contributed by atoms with Crippen molar-refractivity contribution in [2.75, 3.05) is 0 Å². The van der Waals surface area contributed by atoms with E-state index in [0.717, 1.165) is 16.6 Å². The molecule has 10 heteroatoms. The van der Waals surface area contributed by atoms with Crippen molar-refractivity contribution in [2.24, 2.45) is 7.05 Å². The first-order valence-electron chi connectivity index (χ1n) is 10.5. The minimum atomic E-state index is -0.314. The molecule has 5 rings (SSSR count). The molecule has 32 heavy (non-hydrogen) atoms. The SMILES string of the molecule is Cn1ncc2ncc(C(=O)NC3CCc4nn(Cc5ccc(F)cc5)c(=O)n4CC3)cc21. The second kappa shape index (κ2) is 8.03. The second-order valence-electron chi connectivity index (χ2n) is 8.03. The fourth-order valence-electron chi connectivity index (χ4n) is 4.06. The summed E-state index contributed by atoms with van der Waals surface area (Å²) in [5.41, 5.74) is 2.62. The van der Waals surface area contributed by atoms with Crippen molar-refractivity contribution < 1.29 is 9.18 Å². The predicted molar refractivity (Wildman–Crippen MR) is 115 cm³/mol. The third kappa shape index (κ3) is 3.79. The monoisotopic (exact) mass is 435 g/mol. The van der Waals surface area contributed by atoms with Crippen LogP contribution in [0.1, 0.15) is 34.6 Å². The van der Waals surface area contributed by atoms with Crippen LogP contribution in [0, 0.1) is 5.82 Å². The number of fused-ring (bicyclic) bond motifs is 2. The van der Waals surface area contributed by atoms with E-state index in [4.69, 9.17) is 0 Å². The molecule has 9 nitrogen and oxygen atoms in total. The highest BCUT2D eigenvalue weighted by Gasteiger charge is 2.23. The maximum Gasteiger partial charge on any atom is 0.346 e. The van der Waals surface area contributed by atoms with Gasteiger partial charge in [-0.15, -0.1) is 0 Å². The Hall–Kier alpha value is -3.82. The van der Waals surface area contributed by atoms with Crippen LogP contribution in [0.4, 0.5) is 4.39 Å². The second-order valence-corrected chi connectivity index (χ2v) is 8.03. The maximum atomic E-state index is 13.1. The standard InChI is InChI=1S/C22H22FN7O2/c1-28-19-10-15(11-24-18(19)12-25-28)21(31)26-17-6-7-20-27-30(22(32)29(20)9-8-17)13-14-2-4-16(23)5-3-14/h2-5,10-12,17H,6-9,13H2,1H3,(H,26,31). The van der Waals surface area contributed by atoms with E-state index >= 15 is 0 Å². The molecule has 0 spiro atoms. The highest BCUT2D eigenvalue weighted by atomic mass is 19.1. The van der Waals surface area contributed by atoms with Gasteiger partial charge in [0.15, 0.2) is 0 Å². The van der Waals surface area contributed by atoms with Gasteiger partial charge in [-0.05, 0) is 36.6 Å². The lowest BCUT2D eigenvalue weighted by molar-refractivity contribution is 0.0932. The van der Waals surface area contributed by atoms with Gasteiger partial charge in [0, 0.05) is 32.3 Å². The number of aryl methyl sites for hydroxylation is 2. The Morgan fingerprint density at radius 1 is 1.22 bits per heavy atom. The van der Waals surface area contributed by atoms with Gasteiger partial charge in [0.1, 0.15) is 17.2 Å². The van der Waals surface area contributed by atoms with Gasteiger partial charge in [-0.25, -0.2) is 13.9 Å². The minimum absolute atomic E-state index is 0.0728. The topological polar surface area (TPSA) is 99.6 Å². The number of nitrogens with zero attached hydrogens (tertiary/aromatic N) is 6. The summed E-state index contributed by atoms with van der Waals surface area (Å²) in [6.07, 6.45) is 5.10. The lowest BCUT2D eigenvalue weighted by Crippen LogP contribution is -2.36. The Morgan fingerprint density at radius 2 is 2.03 bits per heavy atom. The third-order valence-corrected chi connectivity index (χ3v) is 5.86. The Balaban J connectivity index is 1.26. The van der Waals surface area contributed by atoms with Crippen LogP contribution >= 0.6 is 0 Å². The van der Waals surface area contributed by atoms with E-state index in [1.165, 1.54) is 16.8 Å². The number of halogens is 1. The molecule has 1 aliphatic rings. The van der Waals surface area contributed by atoms with Crippen molar-refractivity contribution in [1.29, 1.82) is 0 Å². The van der Waals surface area contributed by atoms with E-state index in [1.807, 2.05) is 0 Å². The molecule has 3 aromatic heterocycles. The fourth-order valence-corrected chi connectivity index (χ4v) is 4.06. The third-order valence-electron chi connectivity index (χ3n) is 5.86. The summed E-state index contributed by atoms with van der Waals surface area (Å²) in [7, 11) is 1.81. The molecule has 1 aliphatic heterocycles. The summed E-state index contributed by atoms with van der Waals surface area (Å²) in [6, 6.07) is 7.74. The maximum absolute atomic E-state index is 13.1. The normalized spacial score (nSPS) is 16.0. The van der Waals surface area contributed by atoms with Crippen molar-refractivity contribution in [1.82, 2.24) is 34.4 Å². The van der Waals surface area contributed by atoms with E-state index < -0.39 is 0 Å². The van der Waals surface area contributed by atoms with Gasteiger partial charge < -0.3 is 5.32 Å². The minimum Gasteiger partial charge on any atom is -0.349 e. The molecule has 1 amide bonds. The van der Waals surface area contributed by atoms with Crippen LogP contribution in [-0.4, -0.2) is 41.1 Å². The number of carbonyl (C=O) groups excluding carboxylic acids is 1. The zero-order chi connectivity index (χ0) is 22.2. The summed E-state index contributed by atoms with van der Waals surface area (Å²) < 4.78 is 17.9. The Morgan fingerprint density at radius 3 is 2.84 bits per heavy atom. The molecule has 1 aromatic carbocycles. The van der Waals surface area contributed by atoms with E-state index in [1.54, 1.807) is 46.9 Å². The first-order valence-corrected chi connectivity index (χ1v) is 10.5. The smallest absolute Gasteiger partial charge is 0.346 e. The van der Waals surface area contributed by atoms with Crippen LogP contribution in [0.2, 0.25) is 0 Å². The summed E-state index contributed by atoms with van der Waals surface area (Å²) in [4.78, 5) is 29.9. The van der Waals surface area contributed by atoms with Gasteiger partial charge in [-0.2, -0.15) is 10.2 Å². The number of carbonyl (C=O) groups is 1. The number of aromatic nitrogens is 6. The molecular weight excluding hydrogens is 413 g/mol. The molecule has 0 fully saturated rings. The predicted octanol–water partition coefficient (Wildman–Crippen LogP) is 1.65. The Labute approximate surface area is 182 Å². The van der Waals surface area contributed by atoms with Crippen LogP contribution in [0.3, 0.4) is 0 Å². The largest absolute Gasteiger partial charge is 0.349 e. The Kier molecular flexibility index (Phi) is 5.04. The van der Waals surface area contributed by atoms with E-state index in [0.29, 0.717) is 43.7 Å². The fraction of sp³-hybridized carbons (Fsp3) is 0.318. The lowest BCUT2D eigenvalue weighted by Gasteiger charge is -2.16. The Bertz CT molecular complexity index is 1350. The summed E-state index contributed by atoms with van der Waals surface area (Å²) >= 11 is 0. The van der Waals surface area contributed by atoms with Crippen LogP contribution in [0.25, 0.3) is 11.0 Å². The average molecular weight is 435 g/mol. The molecule has 0 saturated heterocycles. The van der Waals surface area contributed by atoms with Crippen LogP contribution in [-0.2, 0) is 26.6 Å². The number of hydrogen-bond donors (Lipinski definition) is 1. The lowest BCUT2D eigenvalue weighted by atomic mass is 10.1. The number of nitrogens with one attached hydrogen (secondary N) is 1. The molecule has 4 heterocycles. The quantitative estimate of drug-likeness (QED) is 0.526. The van der Waals surface area contributed by atoms with Gasteiger partial charge in [0.2, 0.25) is 0 Å². The first-order chi connectivity index (χ1) is 15.5. The molecule has 0 aliphatic carbocycles. The number of benzene rings is 1. The van der Waals surface area contributed by atoms with E-state index in [2.05, 4.69) is 20.5 Å². The molecule has 0 saturated carbocycles. The number of amides is 1. The van der Waals surface area contributed by atoms with Crippen molar-refractivity contribution in [3.05, 3.63) is 76.0 Å². The van der Waals surface area contributed by atoms with Crippen LogP contribution < -0.4 is 11.0 Å². The van der Waals surface area contributed by atoms with Crippen LogP contribution in [0.5, 0.6) is 0 Å². The zero-order valence-electron chi connectivity index (χ0n) is 17.5. The van der Waals surface area contributed by atoms with E-state index in [-0.39, 0.29) is 23.5 Å². The molecule has 164 valence electrons. The molecule has 1 unspecified atom stereocenters. The number of hydrogen-bond acceptors (Lipinski definition) is 5. The molecular formula is C22H22FN7O2. The van der Waals surface area contributed by atoms with Crippen molar-refractivity contribution >= 4 is 16.9 Å². The van der Waals surface area contributed by atoms with Gasteiger partial charge in [0.25, 0.3) is 5.91 Å². The number of rotatable bonds is 4. The van der Waals surface area contributed by atoms with Crippen molar-refractivity contribution in [2.45, 2.75) is 38.4 Å². The van der Waals surface area contributed by atoms with Gasteiger partial charge in [-0.3, -0.25) is 19.0 Å². The molecule has 4 aromatic rings. The zero-order valence-corrected chi connectivity index (χ0v) is 17.5. The highest BCUT2D eigenvalue weighted by molar-refractivity contribution is 5.96. The van der Waals surface area contributed by atoms with Gasteiger partial charge in [-0.1, -0.05) is 12.1 Å². The summed E-state index contributed by atoms with van der Waals surface area (Å²) in [5.74, 6) is 0.191. The van der Waals surface area contributed by atoms with Gasteiger partial charge >= 0.3 is 5.69 Å².